The van der Waals surface area contributed by atoms with E-state index in [0.717, 1.165) is 11.1 Å². The Labute approximate surface area is 170 Å². The first-order valence-electron chi connectivity index (χ1n) is 9.90. The number of benzene rings is 2. The Morgan fingerprint density at radius 1 is 1.17 bits per heavy atom. The van der Waals surface area contributed by atoms with Crippen LogP contribution in [-0.2, 0) is 14.3 Å². The van der Waals surface area contributed by atoms with E-state index in [1.165, 1.54) is 18.2 Å². The van der Waals surface area contributed by atoms with Crippen LogP contribution < -0.4 is 0 Å². The Morgan fingerprint density at radius 3 is 2.55 bits per heavy atom. The number of hydrogen-bond donors (Lipinski definition) is 1. The van der Waals surface area contributed by atoms with Crippen molar-refractivity contribution in [1.82, 2.24) is 9.80 Å². The number of aryl methyl sites for hydroxylation is 1. The smallest absolute Gasteiger partial charge is 0.249 e. The first-order valence-corrected chi connectivity index (χ1v) is 9.90. The van der Waals surface area contributed by atoms with Gasteiger partial charge in [-0.1, -0.05) is 48.5 Å². The number of hydrogen-bond acceptors (Lipinski definition) is 4. The standard InChI is InChI=1S/C23H26N2O4/c1-15-5-3-4-6-18(15)16-7-9-17(10-8-16)23-19-11-24(22(28)14-29-2)12-21(27)25(19)20(23)13-26/h3-10,19-20,23,26H,11-14H2,1-2H3/t19-,20-,23-/m0/s1. The summed E-state index contributed by atoms with van der Waals surface area (Å²) in [6.45, 7) is 2.49. The SMILES string of the molecule is COCC(=O)N1CC(=O)N2[C@@H](CO)[C@@H](c3ccc(-c4ccccc4C)cc3)[C@@H]2C1. The molecular weight excluding hydrogens is 368 g/mol. The number of aliphatic hydroxyl groups excluding tert-OH is 1. The molecule has 1 N–H and O–H groups in total. The normalized spacial score (nSPS) is 23.6. The Morgan fingerprint density at radius 2 is 1.90 bits per heavy atom. The Hall–Kier alpha value is -2.70. The zero-order chi connectivity index (χ0) is 20.5. The molecule has 0 spiro atoms. The van der Waals surface area contributed by atoms with E-state index in [1.807, 2.05) is 12.1 Å². The first-order chi connectivity index (χ1) is 14.0. The van der Waals surface area contributed by atoms with Gasteiger partial charge in [0.05, 0.1) is 25.2 Å². The minimum absolute atomic E-state index is 0.00742. The quantitative estimate of drug-likeness (QED) is 0.840. The maximum atomic E-state index is 12.6. The topological polar surface area (TPSA) is 70.1 Å². The molecule has 2 fully saturated rings. The van der Waals surface area contributed by atoms with Gasteiger partial charge in [-0.05, 0) is 29.2 Å². The lowest BCUT2D eigenvalue weighted by Crippen LogP contribution is -2.73. The highest BCUT2D eigenvalue weighted by atomic mass is 16.5. The molecular formula is C23H26N2O4. The van der Waals surface area contributed by atoms with Crippen LogP contribution in [0.3, 0.4) is 0 Å². The highest BCUT2D eigenvalue weighted by Crippen LogP contribution is 2.43. The van der Waals surface area contributed by atoms with Crippen LogP contribution in [0.2, 0.25) is 0 Å². The Kier molecular flexibility index (Phi) is 5.39. The predicted octanol–water partition coefficient (Wildman–Crippen LogP) is 1.81. The van der Waals surface area contributed by atoms with Crippen LogP contribution in [-0.4, -0.2) is 72.2 Å². The van der Waals surface area contributed by atoms with E-state index in [9.17, 15) is 14.7 Å². The average molecular weight is 394 g/mol. The fourth-order valence-corrected chi connectivity index (χ4v) is 4.69. The highest BCUT2D eigenvalue weighted by molar-refractivity contribution is 5.88. The van der Waals surface area contributed by atoms with Crippen LogP contribution in [0.5, 0.6) is 0 Å². The van der Waals surface area contributed by atoms with Crippen molar-refractivity contribution in [3.05, 3.63) is 59.7 Å². The average Bonchev–Trinajstić information content (AvgIpc) is 2.70. The largest absolute Gasteiger partial charge is 0.394 e. The lowest BCUT2D eigenvalue weighted by atomic mass is 9.73. The Balaban J connectivity index is 1.58. The van der Waals surface area contributed by atoms with E-state index < -0.39 is 0 Å². The van der Waals surface area contributed by atoms with Crippen molar-refractivity contribution in [2.45, 2.75) is 24.9 Å². The summed E-state index contributed by atoms with van der Waals surface area (Å²) >= 11 is 0. The molecule has 152 valence electrons. The van der Waals surface area contributed by atoms with Gasteiger partial charge in [-0.15, -0.1) is 0 Å². The molecule has 3 atom stereocenters. The first kappa shape index (κ1) is 19.6. The van der Waals surface area contributed by atoms with Crippen molar-refractivity contribution in [2.75, 3.05) is 33.4 Å². The van der Waals surface area contributed by atoms with Crippen LogP contribution in [0.25, 0.3) is 11.1 Å². The van der Waals surface area contributed by atoms with E-state index in [2.05, 4.69) is 43.3 Å². The fraction of sp³-hybridized carbons (Fsp3) is 0.391. The summed E-state index contributed by atoms with van der Waals surface area (Å²) in [7, 11) is 1.47. The monoisotopic (exact) mass is 394 g/mol. The van der Waals surface area contributed by atoms with E-state index in [4.69, 9.17) is 4.74 Å². The number of nitrogens with zero attached hydrogens (tertiary/aromatic N) is 2. The number of rotatable bonds is 5. The van der Waals surface area contributed by atoms with Crippen LogP contribution in [0.15, 0.2) is 48.5 Å². The van der Waals surface area contributed by atoms with Gasteiger partial charge in [-0.25, -0.2) is 0 Å². The minimum Gasteiger partial charge on any atom is -0.394 e. The van der Waals surface area contributed by atoms with E-state index in [0.29, 0.717) is 6.54 Å². The van der Waals surface area contributed by atoms with Gasteiger partial charge in [-0.3, -0.25) is 9.59 Å². The van der Waals surface area contributed by atoms with Gasteiger partial charge in [0.1, 0.15) is 6.61 Å². The van der Waals surface area contributed by atoms with Crippen molar-refractivity contribution < 1.29 is 19.4 Å². The molecule has 0 unspecified atom stereocenters. The lowest BCUT2D eigenvalue weighted by Gasteiger charge is -2.58. The summed E-state index contributed by atoms with van der Waals surface area (Å²) in [6.07, 6.45) is 0. The van der Waals surface area contributed by atoms with Crippen LogP contribution in [0.4, 0.5) is 0 Å². The minimum atomic E-state index is -0.239. The molecule has 0 aromatic heterocycles. The summed E-state index contributed by atoms with van der Waals surface area (Å²) in [5, 5.41) is 9.91. The summed E-state index contributed by atoms with van der Waals surface area (Å²) in [5.74, 6) is -0.285. The molecule has 2 aliphatic rings. The van der Waals surface area contributed by atoms with Crippen LogP contribution in [0.1, 0.15) is 17.0 Å². The number of piperazine rings is 1. The van der Waals surface area contributed by atoms with Crippen LogP contribution >= 0.6 is 0 Å². The molecule has 2 aliphatic heterocycles. The lowest BCUT2D eigenvalue weighted by molar-refractivity contribution is -0.168. The summed E-state index contributed by atoms with van der Waals surface area (Å²) in [4.78, 5) is 28.1. The van der Waals surface area contributed by atoms with Crippen molar-refractivity contribution in [3.63, 3.8) is 0 Å². The fourth-order valence-electron chi connectivity index (χ4n) is 4.69. The van der Waals surface area contributed by atoms with Crippen molar-refractivity contribution >= 4 is 11.8 Å². The second kappa shape index (κ2) is 7.97. The summed E-state index contributed by atoms with van der Waals surface area (Å²) < 4.78 is 4.93. The molecule has 2 aromatic rings. The molecule has 0 bridgehead atoms. The molecule has 0 aliphatic carbocycles. The number of methoxy groups -OCH3 is 1. The molecule has 2 saturated heterocycles. The van der Waals surface area contributed by atoms with Crippen molar-refractivity contribution in [2.24, 2.45) is 0 Å². The second-order valence-electron chi connectivity index (χ2n) is 7.79. The van der Waals surface area contributed by atoms with E-state index in [1.54, 1.807) is 9.80 Å². The molecule has 2 aromatic carbocycles. The molecule has 0 radical (unpaired) electrons. The molecule has 6 heteroatoms. The molecule has 2 amide bonds. The van der Waals surface area contributed by atoms with Gasteiger partial charge in [0.2, 0.25) is 11.8 Å². The van der Waals surface area contributed by atoms with Gasteiger partial charge < -0.3 is 19.6 Å². The van der Waals surface area contributed by atoms with Crippen molar-refractivity contribution in [3.8, 4) is 11.1 Å². The zero-order valence-electron chi connectivity index (χ0n) is 16.7. The number of fused-ring (bicyclic) bond motifs is 1. The number of carbonyl (C=O) groups is 2. The Bertz CT molecular complexity index is 911. The van der Waals surface area contributed by atoms with Gasteiger partial charge >= 0.3 is 0 Å². The third-order valence-electron chi connectivity index (χ3n) is 6.12. The van der Waals surface area contributed by atoms with Crippen LogP contribution in [0, 0.1) is 6.92 Å². The number of carbonyl (C=O) groups excluding carboxylic acids is 2. The van der Waals surface area contributed by atoms with Gasteiger partial charge in [0.25, 0.3) is 0 Å². The highest BCUT2D eigenvalue weighted by Gasteiger charge is 2.54. The number of aliphatic hydroxyl groups is 1. The number of amides is 2. The maximum absolute atomic E-state index is 12.6. The van der Waals surface area contributed by atoms with Gasteiger partial charge in [-0.2, -0.15) is 0 Å². The third-order valence-corrected chi connectivity index (χ3v) is 6.12. The molecule has 29 heavy (non-hydrogen) atoms. The number of ether oxygens (including phenoxy) is 1. The van der Waals surface area contributed by atoms with Gasteiger partial charge in [0, 0.05) is 19.6 Å². The zero-order valence-corrected chi connectivity index (χ0v) is 16.7. The molecule has 0 saturated carbocycles. The van der Waals surface area contributed by atoms with E-state index >= 15 is 0 Å². The summed E-state index contributed by atoms with van der Waals surface area (Å²) in [5.41, 5.74) is 4.63. The van der Waals surface area contributed by atoms with Crippen molar-refractivity contribution in [1.29, 1.82) is 0 Å². The van der Waals surface area contributed by atoms with E-state index in [-0.39, 0.29) is 49.6 Å². The second-order valence-corrected chi connectivity index (χ2v) is 7.79. The molecule has 4 rings (SSSR count). The van der Waals surface area contributed by atoms with Gasteiger partial charge in [0.15, 0.2) is 0 Å². The molecule has 2 heterocycles. The molecule has 6 nitrogen and oxygen atoms in total. The summed E-state index contributed by atoms with van der Waals surface area (Å²) in [6, 6.07) is 16.2. The third kappa shape index (κ3) is 3.43. The maximum Gasteiger partial charge on any atom is 0.249 e. The predicted molar refractivity (Wildman–Crippen MR) is 109 cm³/mol.